The van der Waals surface area contributed by atoms with Crippen molar-refractivity contribution in [3.8, 4) is 0 Å². The zero-order valence-electron chi connectivity index (χ0n) is 14.1. The minimum absolute atomic E-state index is 0.0449. The summed E-state index contributed by atoms with van der Waals surface area (Å²) in [6.07, 6.45) is -3.55. The molecule has 2 aliphatic carbocycles. The van der Waals surface area contributed by atoms with Crippen LogP contribution in [0.3, 0.4) is 0 Å². The first-order valence-corrected chi connectivity index (χ1v) is 8.58. The van der Waals surface area contributed by atoms with Crippen LogP contribution in [0.25, 0.3) is 0 Å². The number of amides is 2. The van der Waals surface area contributed by atoms with Crippen LogP contribution in [0, 0.1) is 41.4 Å². The van der Waals surface area contributed by atoms with E-state index in [-0.39, 0.29) is 59.7 Å². The molecule has 2 N–H and O–H groups in total. The van der Waals surface area contributed by atoms with Crippen molar-refractivity contribution in [2.24, 2.45) is 41.4 Å². The molecular weight excluding hydrogens is 323 g/mol. The van der Waals surface area contributed by atoms with Crippen LogP contribution in [-0.2, 0) is 9.59 Å². The van der Waals surface area contributed by atoms with E-state index in [1.807, 2.05) is 6.92 Å². The van der Waals surface area contributed by atoms with Crippen LogP contribution in [0.5, 0.6) is 0 Å². The second-order valence-corrected chi connectivity index (χ2v) is 8.24. The van der Waals surface area contributed by atoms with Crippen LogP contribution in [0.1, 0.15) is 40.0 Å². The molecule has 8 unspecified atom stereocenters. The second-order valence-electron chi connectivity index (χ2n) is 8.24. The molecule has 3 aliphatic rings. The van der Waals surface area contributed by atoms with Gasteiger partial charge in [0.1, 0.15) is 0 Å². The van der Waals surface area contributed by atoms with E-state index in [4.69, 9.17) is 0 Å². The van der Waals surface area contributed by atoms with Crippen molar-refractivity contribution in [3.63, 3.8) is 0 Å². The van der Waals surface area contributed by atoms with Gasteiger partial charge in [0.15, 0.2) is 5.60 Å². The Bertz CT molecular complexity index is 558. The van der Waals surface area contributed by atoms with Gasteiger partial charge in [0.25, 0.3) is 0 Å². The Morgan fingerprint density at radius 1 is 1.17 bits per heavy atom. The zero-order valence-corrected chi connectivity index (χ0v) is 14.1. The summed E-state index contributed by atoms with van der Waals surface area (Å²) in [6, 6.07) is 0. The number of rotatable bonds is 3. The summed E-state index contributed by atoms with van der Waals surface area (Å²) in [5.41, 5.74) is -2.68. The molecule has 0 aromatic heterocycles. The number of alkyl halides is 3. The van der Waals surface area contributed by atoms with E-state index in [9.17, 15) is 27.9 Å². The highest BCUT2D eigenvalue weighted by molar-refractivity contribution is 6.05. The SMILES string of the molecule is CC1C(=O)NC(=O)C1C1C2CC(CC(C)(O)C(F)(F)F)C(C2)C1C. The normalized spacial score (nSPS) is 44.7. The predicted molar refractivity (Wildman–Crippen MR) is 79.5 cm³/mol. The summed E-state index contributed by atoms with van der Waals surface area (Å²) in [5, 5.41) is 12.2. The lowest BCUT2D eigenvalue weighted by Crippen LogP contribution is -2.45. The molecule has 24 heavy (non-hydrogen) atoms. The fraction of sp³-hybridized carbons (Fsp3) is 0.882. The number of hydrogen-bond acceptors (Lipinski definition) is 3. The largest absolute Gasteiger partial charge is 0.416 e. The maximum Gasteiger partial charge on any atom is 0.416 e. The summed E-state index contributed by atoms with van der Waals surface area (Å²) in [7, 11) is 0. The molecule has 4 nitrogen and oxygen atoms in total. The van der Waals surface area contributed by atoms with Gasteiger partial charge < -0.3 is 5.11 Å². The van der Waals surface area contributed by atoms with E-state index in [1.54, 1.807) is 6.92 Å². The molecule has 1 saturated heterocycles. The van der Waals surface area contributed by atoms with E-state index in [0.717, 1.165) is 13.3 Å². The number of halogens is 3. The number of nitrogens with one attached hydrogen (secondary N) is 1. The number of hydrogen-bond donors (Lipinski definition) is 2. The maximum absolute atomic E-state index is 13.0. The molecule has 2 saturated carbocycles. The lowest BCUT2D eigenvalue weighted by atomic mass is 9.65. The fourth-order valence-electron chi connectivity index (χ4n) is 5.57. The van der Waals surface area contributed by atoms with E-state index >= 15 is 0 Å². The molecule has 1 aliphatic heterocycles. The summed E-state index contributed by atoms with van der Waals surface area (Å²) in [5.74, 6) is -1.06. The maximum atomic E-state index is 13.0. The predicted octanol–water partition coefficient (Wildman–Crippen LogP) is 2.51. The highest BCUT2D eigenvalue weighted by Gasteiger charge is 2.60. The van der Waals surface area contributed by atoms with Crippen LogP contribution in [0.2, 0.25) is 0 Å². The van der Waals surface area contributed by atoms with Crippen LogP contribution in [0.4, 0.5) is 13.2 Å². The Kier molecular flexibility index (Phi) is 4.02. The molecule has 0 aromatic rings. The lowest BCUT2D eigenvalue weighted by molar-refractivity contribution is -0.260. The van der Waals surface area contributed by atoms with Gasteiger partial charge in [0.2, 0.25) is 11.8 Å². The van der Waals surface area contributed by atoms with Gasteiger partial charge in [-0.15, -0.1) is 0 Å². The minimum Gasteiger partial charge on any atom is -0.381 e. The third-order valence-corrected chi connectivity index (χ3v) is 6.80. The standard InChI is InChI=1S/C17H24F3NO3/c1-7-11-5-9(4-10(11)6-16(3,24)17(18,19)20)12(7)13-8(2)14(22)21-15(13)23/h7-13,24H,4-6H2,1-3H3,(H,21,22,23). The van der Waals surface area contributed by atoms with Gasteiger partial charge >= 0.3 is 6.18 Å². The van der Waals surface area contributed by atoms with Crippen molar-refractivity contribution >= 4 is 11.8 Å². The highest BCUT2D eigenvalue weighted by atomic mass is 19.4. The molecule has 1 heterocycles. The Hall–Kier alpha value is -1.11. The molecule has 136 valence electrons. The Morgan fingerprint density at radius 2 is 1.79 bits per heavy atom. The van der Waals surface area contributed by atoms with Crippen molar-refractivity contribution in [2.45, 2.75) is 51.8 Å². The second kappa shape index (κ2) is 5.44. The van der Waals surface area contributed by atoms with Crippen molar-refractivity contribution < 1.29 is 27.9 Å². The smallest absolute Gasteiger partial charge is 0.381 e. The summed E-state index contributed by atoms with van der Waals surface area (Å²) in [4.78, 5) is 23.9. The van der Waals surface area contributed by atoms with Gasteiger partial charge in [-0.3, -0.25) is 14.9 Å². The van der Waals surface area contributed by atoms with Gasteiger partial charge in [0, 0.05) is 5.92 Å². The van der Waals surface area contributed by atoms with Crippen molar-refractivity contribution in [1.29, 1.82) is 0 Å². The molecular formula is C17H24F3NO3. The first-order chi connectivity index (χ1) is 10.9. The third-order valence-electron chi connectivity index (χ3n) is 6.80. The van der Waals surface area contributed by atoms with Gasteiger partial charge in [-0.05, 0) is 55.8 Å². The summed E-state index contributed by atoms with van der Waals surface area (Å²) >= 11 is 0. The molecule has 3 rings (SSSR count). The third kappa shape index (κ3) is 2.55. The number of carbonyl (C=O) groups excluding carboxylic acids is 2. The average Bonchev–Trinajstić information content (AvgIpc) is 3.03. The van der Waals surface area contributed by atoms with Crippen molar-refractivity contribution in [3.05, 3.63) is 0 Å². The Labute approximate surface area is 139 Å². The monoisotopic (exact) mass is 347 g/mol. The molecule has 0 spiro atoms. The summed E-state index contributed by atoms with van der Waals surface area (Å²) in [6.45, 7) is 4.56. The van der Waals surface area contributed by atoms with Gasteiger partial charge in [-0.1, -0.05) is 13.8 Å². The van der Waals surface area contributed by atoms with Crippen LogP contribution < -0.4 is 5.32 Å². The molecule has 7 heteroatoms. The molecule has 8 atom stereocenters. The molecule has 2 amide bonds. The van der Waals surface area contributed by atoms with Crippen LogP contribution >= 0.6 is 0 Å². The molecule has 0 radical (unpaired) electrons. The fourth-order valence-corrected chi connectivity index (χ4v) is 5.57. The van der Waals surface area contributed by atoms with E-state index in [1.165, 1.54) is 0 Å². The first-order valence-electron chi connectivity index (χ1n) is 8.58. The van der Waals surface area contributed by atoms with Gasteiger partial charge in [-0.2, -0.15) is 13.2 Å². The average molecular weight is 347 g/mol. The topological polar surface area (TPSA) is 66.4 Å². The molecule has 0 aromatic carbocycles. The molecule has 3 fully saturated rings. The van der Waals surface area contributed by atoms with Crippen LogP contribution in [0.15, 0.2) is 0 Å². The number of fused-ring (bicyclic) bond motifs is 2. The number of imide groups is 1. The van der Waals surface area contributed by atoms with E-state index in [2.05, 4.69) is 5.32 Å². The zero-order chi connectivity index (χ0) is 18.0. The van der Waals surface area contributed by atoms with E-state index in [0.29, 0.717) is 6.42 Å². The Balaban J connectivity index is 1.73. The van der Waals surface area contributed by atoms with Crippen molar-refractivity contribution in [1.82, 2.24) is 5.32 Å². The summed E-state index contributed by atoms with van der Waals surface area (Å²) < 4.78 is 38.9. The van der Waals surface area contributed by atoms with E-state index < -0.39 is 11.8 Å². The van der Waals surface area contributed by atoms with Gasteiger partial charge in [-0.25, -0.2) is 0 Å². The number of carbonyl (C=O) groups is 2. The Morgan fingerprint density at radius 3 is 2.25 bits per heavy atom. The first kappa shape index (κ1) is 17.7. The molecule has 2 bridgehead atoms. The lowest BCUT2D eigenvalue weighted by Gasteiger charge is -2.39. The highest BCUT2D eigenvalue weighted by Crippen LogP contribution is 2.60. The van der Waals surface area contributed by atoms with Gasteiger partial charge in [0.05, 0.1) is 5.92 Å². The number of aliphatic hydroxyl groups is 1. The quantitative estimate of drug-likeness (QED) is 0.771. The van der Waals surface area contributed by atoms with Crippen molar-refractivity contribution in [2.75, 3.05) is 0 Å². The minimum atomic E-state index is -4.64. The van der Waals surface area contributed by atoms with Crippen LogP contribution in [-0.4, -0.2) is 28.7 Å².